The Kier molecular flexibility index (Phi) is 6.60. The molecular formula is C23H23F2N3O3. The van der Waals surface area contributed by atoms with E-state index < -0.39 is 41.3 Å². The Balaban J connectivity index is 2.19. The minimum atomic E-state index is -0.814. The molecule has 0 radical (unpaired) electrons. The van der Waals surface area contributed by atoms with Crippen molar-refractivity contribution < 1.29 is 13.6 Å². The second-order valence-corrected chi connectivity index (χ2v) is 7.25. The number of rotatable bonds is 7. The van der Waals surface area contributed by atoms with Gasteiger partial charge in [-0.1, -0.05) is 36.4 Å². The smallest absolute Gasteiger partial charge is 0.312 e. The van der Waals surface area contributed by atoms with Crippen LogP contribution in [0.2, 0.25) is 0 Å². The van der Waals surface area contributed by atoms with Gasteiger partial charge in [0.05, 0.1) is 19.1 Å². The van der Waals surface area contributed by atoms with E-state index in [-0.39, 0.29) is 23.4 Å². The van der Waals surface area contributed by atoms with Gasteiger partial charge in [0.15, 0.2) is 5.78 Å². The average molecular weight is 427 g/mol. The second-order valence-electron chi connectivity index (χ2n) is 7.25. The Morgan fingerprint density at radius 2 is 1.61 bits per heavy atom. The summed E-state index contributed by atoms with van der Waals surface area (Å²) in [6.07, 6.45) is 0. The average Bonchev–Trinajstić information content (AvgIpc) is 2.73. The van der Waals surface area contributed by atoms with Crippen LogP contribution in [0.25, 0.3) is 0 Å². The minimum absolute atomic E-state index is 0.0570. The number of carbonyl (C=O) groups excluding carboxylic acids is 1. The first kappa shape index (κ1) is 22.3. The van der Waals surface area contributed by atoms with Crippen LogP contribution < -0.4 is 16.6 Å². The third-order valence-electron chi connectivity index (χ3n) is 5.33. The van der Waals surface area contributed by atoms with Crippen LogP contribution in [-0.4, -0.2) is 22.0 Å². The Labute approximate surface area is 177 Å². The van der Waals surface area contributed by atoms with Crippen molar-refractivity contribution >= 4 is 5.78 Å². The van der Waals surface area contributed by atoms with E-state index in [1.165, 1.54) is 19.9 Å². The maximum atomic E-state index is 14.2. The zero-order valence-corrected chi connectivity index (χ0v) is 17.5. The molecule has 31 heavy (non-hydrogen) atoms. The topological polar surface area (TPSA) is 73.1 Å². The highest BCUT2D eigenvalue weighted by atomic mass is 19.1. The number of benzene rings is 2. The summed E-state index contributed by atoms with van der Waals surface area (Å²) in [6.45, 7) is 2.15. The van der Waals surface area contributed by atoms with E-state index in [0.717, 1.165) is 26.8 Å². The summed E-state index contributed by atoms with van der Waals surface area (Å²) in [5, 5.41) is 3.06. The summed E-state index contributed by atoms with van der Waals surface area (Å²) in [4.78, 5) is 38.5. The molecule has 1 aromatic heterocycles. The third kappa shape index (κ3) is 4.39. The van der Waals surface area contributed by atoms with Crippen molar-refractivity contribution in [2.45, 2.75) is 33.0 Å². The number of aromatic nitrogens is 2. The molecule has 0 unspecified atom stereocenters. The van der Waals surface area contributed by atoms with Crippen molar-refractivity contribution in [3.8, 4) is 0 Å². The van der Waals surface area contributed by atoms with Crippen molar-refractivity contribution in [3.63, 3.8) is 0 Å². The summed E-state index contributed by atoms with van der Waals surface area (Å²) >= 11 is 0. The molecule has 6 nitrogen and oxygen atoms in total. The van der Waals surface area contributed by atoms with Crippen LogP contribution in [-0.2, 0) is 13.1 Å². The van der Waals surface area contributed by atoms with Crippen LogP contribution in [0.1, 0.15) is 40.1 Å². The van der Waals surface area contributed by atoms with Gasteiger partial charge in [-0.3, -0.25) is 18.7 Å². The molecule has 8 heteroatoms. The SMILES string of the molecule is CN[C@@H](Cn1c(=O)c(C(C)=O)c(C)n(Cc2c(F)cccc2F)c1=O)c1ccccc1. The summed E-state index contributed by atoms with van der Waals surface area (Å²) < 4.78 is 30.5. The molecule has 2 aromatic carbocycles. The van der Waals surface area contributed by atoms with Gasteiger partial charge in [-0.25, -0.2) is 13.6 Å². The zero-order valence-electron chi connectivity index (χ0n) is 17.5. The van der Waals surface area contributed by atoms with Crippen molar-refractivity contribution in [2.75, 3.05) is 7.05 Å². The lowest BCUT2D eigenvalue weighted by Crippen LogP contribution is -2.46. The van der Waals surface area contributed by atoms with Crippen LogP contribution in [0.4, 0.5) is 8.78 Å². The molecule has 0 saturated carbocycles. The second kappa shape index (κ2) is 9.18. The normalized spacial score (nSPS) is 12.0. The monoisotopic (exact) mass is 427 g/mol. The van der Waals surface area contributed by atoms with E-state index in [2.05, 4.69) is 5.32 Å². The number of ketones is 1. The third-order valence-corrected chi connectivity index (χ3v) is 5.33. The number of Topliss-reactive ketones (excluding diaryl/α,β-unsaturated/α-hetero) is 1. The van der Waals surface area contributed by atoms with Crippen molar-refractivity contribution in [1.29, 1.82) is 0 Å². The van der Waals surface area contributed by atoms with Crippen LogP contribution in [0, 0.1) is 18.6 Å². The van der Waals surface area contributed by atoms with Gasteiger partial charge in [-0.15, -0.1) is 0 Å². The van der Waals surface area contributed by atoms with E-state index in [9.17, 15) is 23.2 Å². The minimum Gasteiger partial charge on any atom is -0.312 e. The molecule has 0 saturated heterocycles. The molecule has 0 aliphatic heterocycles. The number of hydrogen-bond donors (Lipinski definition) is 1. The van der Waals surface area contributed by atoms with Crippen molar-refractivity contribution in [1.82, 2.24) is 14.5 Å². The van der Waals surface area contributed by atoms with E-state index in [4.69, 9.17) is 0 Å². The van der Waals surface area contributed by atoms with Gasteiger partial charge in [-0.2, -0.15) is 0 Å². The Morgan fingerprint density at radius 1 is 1.00 bits per heavy atom. The molecule has 0 aliphatic rings. The molecule has 0 bridgehead atoms. The molecule has 3 aromatic rings. The largest absolute Gasteiger partial charge is 0.331 e. The van der Waals surface area contributed by atoms with Crippen molar-refractivity contribution in [2.24, 2.45) is 0 Å². The maximum Gasteiger partial charge on any atom is 0.331 e. The summed E-state index contributed by atoms with van der Waals surface area (Å²) in [5.74, 6) is -2.16. The predicted molar refractivity (Wildman–Crippen MR) is 113 cm³/mol. The highest BCUT2D eigenvalue weighted by Gasteiger charge is 2.23. The van der Waals surface area contributed by atoms with Crippen LogP contribution in [0.5, 0.6) is 0 Å². The van der Waals surface area contributed by atoms with Gasteiger partial charge in [0.1, 0.15) is 17.2 Å². The van der Waals surface area contributed by atoms with E-state index >= 15 is 0 Å². The predicted octanol–water partition coefficient (Wildman–Crippen LogP) is 2.81. The van der Waals surface area contributed by atoms with Gasteiger partial charge < -0.3 is 5.32 Å². The standard InChI is InChI=1S/C23H23F2N3O3/c1-14-21(15(2)29)22(30)28(13-20(26-3)16-8-5-4-6-9-16)23(31)27(14)12-17-18(24)10-7-11-19(17)25/h4-11,20,26H,12-13H2,1-3H3/t20-/m0/s1. The lowest BCUT2D eigenvalue weighted by molar-refractivity contribution is 0.101. The van der Waals surface area contributed by atoms with E-state index in [0.29, 0.717) is 0 Å². The van der Waals surface area contributed by atoms with Gasteiger partial charge in [0.25, 0.3) is 5.56 Å². The number of nitrogens with one attached hydrogen (secondary N) is 1. The lowest BCUT2D eigenvalue weighted by Gasteiger charge is -2.21. The first-order chi connectivity index (χ1) is 14.8. The highest BCUT2D eigenvalue weighted by molar-refractivity contribution is 5.94. The Bertz CT molecular complexity index is 1210. The molecule has 1 heterocycles. The van der Waals surface area contributed by atoms with Gasteiger partial charge in [0.2, 0.25) is 0 Å². The number of halogens is 2. The fraction of sp³-hybridized carbons (Fsp3) is 0.261. The molecule has 1 atom stereocenters. The Hall–Kier alpha value is -3.39. The van der Waals surface area contributed by atoms with Crippen LogP contribution in [0.3, 0.4) is 0 Å². The summed E-state index contributed by atoms with van der Waals surface area (Å²) in [6, 6.07) is 12.2. The number of hydrogen-bond acceptors (Lipinski definition) is 4. The van der Waals surface area contributed by atoms with Crippen LogP contribution >= 0.6 is 0 Å². The molecule has 0 amide bonds. The van der Waals surface area contributed by atoms with Crippen LogP contribution in [0.15, 0.2) is 58.1 Å². The van der Waals surface area contributed by atoms with Gasteiger partial charge >= 0.3 is 5.69 Å². The van der Waals surface area contributed by atoms with Gasteiger partial charge in [0, 0.05) is 11.3 Å². The number of nitrogens with zero attached hydrogens (tertiary/aromatic N) is 2. The van der Waals surface area contributed by atoms with Gasteiger partial charge in [-0.05, 0) is 38.6 Å². The molecule has 162 valence electrons. The summed E-state index contributed by atoms with van der Waals surface area (Å²) in [7, 11) is 1.69. The Morgan fingerprint density at radius 3 is 2.16 bits per heavy atom. The molecule has 0 fully saturated rings. The molecule has 0 aliphatic carbocycles. The summed E-state index contributed by atoms with van der Waals surface area (Å²) in [5.41, 5.74) is -1.06. The first-order valence-corrected chi connectivity index (χ1v) is 9.76. The van der Waals surface area contributed by atoms with Crippen molar-refractivity contribution in [3.05, 3.63) is 103 Å². The molecular weight excluding hydrogens is 404 g/mol. The maximum absolute atomic E-state index is 14.2. The molecule has 1 N–H and O–H groups in total. The lowest BCUT2D eigenvalue weighted by atomic mass is 10.1. The molecule has 3 rings (SSSR count). The fourth-order valence-electron chi connectivity index (χ4n) is 3.63. The highest BCUT2D eigenvalue weighted by Crippen LogP contribution is 2.16. The fourth-order valence-corrected chi connectivity index (χ4v) is 3.63. The van der Waals surface area contributed by atoms with E-state index in [1.807, 2.05) is 30.3 Å². The quantitative estimate of drug-likeness (QED) is 0.589. The number of likely N-dealkylation sites (N-methyl/N-ethyl adjacent to an activating group) is 1. The first-order valence-electron chi connectivity index (χ1n) is 9.76. The molecule has 0 spiro atoms. The number of carbonyl (C=O) groups is 1. The van der Waals surface area contributed by atoms with E-state index in [1.54, 1.807) is 7.05 Å². The zero-order chi connectivity index (χ0) is 22.7.